The zero-order chi connectivity index (χ0) is 16.2. The van der Waals surface area contributed by atoms with Gasteiger partial charge in [0.05, 0.1) is 16.8 Å². The number of aromatic nitrogens is 1. The molecule has 6 heteroatoms. The lowest BCUT2D eigenvalue weighted by Crippen LogP contribution is -2.32. The minimum absolute atomic E-state index is 0.0110. The van der Waals surface area contributed by atoms with Crippen molar-refractivity contribution in [2.75, 3.05) is 18.5 Å². The van der Waals surface area contributed by atoms with Gasteiger partial charge in [-0.25, -0.2) is 4.98 Å². The molecule has 0 fully saturated rings. The summed E-state index contributed by atoms with van der Waals surface area (Å²) in [5.41, 5.74) is 8.10. The van der Waals surface area contributed by atoms with Crippen molar-refractivity contribution in [3.8, 4) is 5.19 Å². The van der Waals surface area contributed by atoms with Gasteiger partial charge in [0.2, 0.25) is 5.91 Å². The molecule has 5 nitrogen and oxygen atoms in total. The molecule has 2 N–H and O–H groups in total. The Hall–Kier alpha value is -2.44. The SMILES string of the molecule is CN(C(=O)CN)c1cccc(COc2nc3ccccc3s2)c1. The number of fused-ring (bicyclic) bond motifs is 1. The first-order chi connectivity index (χ1) is 11.2. The topological polar surface area (TPSA) is 68.5 Å². The minimum atomic E-state index is -0.130. The molecule has 3 rings (SSSR count). The minimum Gasteiger partial charge on any atom is -0.465 e. The molecule has 1 heterocycles. The lowest BCUT2D eigenvalue weighted by Gasteiger charge is -2.17. The molecule has 1 amide bonds. The molecule has 0 aliphatic rings. The Morgan fingerprint density at radius 3 is 2.87 bits per heavy atom. The molecular weight excluding hydrogens is 310 g/mol. The van der Waals surface area contributed by atoms with Crippen LogP contribution >= 0.6 is 11.3 Å². The van der Waals surface area contributed by atoms with Gasteiger partial charge in [-0.15, -0.1) is 0 Å². The average Bonchev–Trinajstić information content (AvgIpc) is 3.02. The number of likely N-dealkylation sites (N-methyl/N-ethyl adjacent to an activating group) is 1. The number of anilines is 1. The summed E-state index contributed by atoms with van der Waals surface area (Å²) in [4.78, 5) is 17.6. The van der Waals surface area contributed by atoms with Crippen molar-refractivity contribution in [3.63, 3.8) is 0 Å². The van der Waals surface area contributed by atoms with E-state index in [1.807, 2.05) is 48.5 Å². The normalized spacial score (nSPS) is 10.7. The van der Waals surface area contributed by atoms with Crippen LogP contribution in [0.1, 0.15) is 5.56 Å². The number of amides is 1. The third kappa shape index (κ3) is 3.49. The molecule has 0 spiro atoms. The molecule has 0 saturated heterocycles. The van der Waals surface area contributed by atoms with Crippen LogP contribution in [0.5, 0.6) is 5.19 Å². The Labute approximate surface area is 138 Å². The monoisotopic (exact) mass is 327 g/mol. The highest BCUT2D eigenvalue weighted by Gasteiger charge is 2.10. The molecule has 3 aromatic rings. The van der Waals surface area contributed by atoms with Crippen molar-refractivity contribution < 1.29 is 9.53 Å². The van der Waals surface area contributed by atoms with Gasteiger partial charge in [0.1, 0.15) is 6.61 Å². The van der Waals surface area contributed by atoms with Gasteiger partial charge in [-0.2, -0.15) is 0 Å². The molecule has 1 aromatic heterocycles. The van der Waals surface area contributed by atoms with E-state index in [0.29, 0.717) is 11.8 Å². The molecule has 23 heavy (non-hydrogen) atoms. The molecule has 0 unspecified atom stereocenters. The summed E-state index contributed by atoms with van der Waals surface area (Å²) in [5.74, 6) is -0.130. The smallest absolute Gasteiger partial charge is 0.274 e. The predicted octanol–water partition coefficient (Wildman–Crippen LogP) is 2.80. The van der Waals surface area contributed by atoms with Crippen LogP contribution in [0.3, 0.4) is 0 Å². The van der Waals surface area contributed by atoms with E-state index in [2.05, 4.69) is 4.98 Å². The standard InChI is InChI=1S/C17H17N3O2S/c1-20(16(21)10-18)13-6-4-5-12(9-13)11-22-17-19-14-7-2-3-8-15(14)23-17/h2-9H,10-11,18H2,1H3. The average molecular weight is 327 g/mol. The van der Waals surface area contributed by atoms with Crippen LogP contribution in [0.15, 0.2) is 48.5 Å². The molecule has 2 aromatic carbocycles. The Balaban J connectivity index is 1.71. The fourth-order valence-electron chi connectivity index (χ4n) is 2.19. The van der Waals surface area contributed by atoms with Crippen molar-refractivity contribution >= 4 is 33.1 Å². The molecule has 0 radical (unpaired) electrons. The largest absolute Gasteiger partial charge is 0.465 e. The summed E-state index contributed by atoms with van der Waals surface area (Å²) in [6.45, 7) is 0.390. The van der Waals surface area contributed by atoms with E-state index in [-0.39, 0.29) is 12.5 Å². The van der Waals surface area contributed by atoms with Crippen molar-refractivity contribution in [2.45, 2.75) is 6.61 Å². The van der Waals surface area contributed by atoms with E-state index < -0.39 is 0 Å². The third-order valence-electron chi connectivity index (χ3n) is 3.48. The second kappa shape index (κ2) is 6.76. The van der Waals surface area contributed by atoms with E-state index in [4.69, 9.17) is 10.5 Å². The molecule has 118 valence electrons. The first-order valence-corrected chi connectivity index (χ1v) is 8.03. The Morgan fingerprint density at radius 1 is 1.26 bits per heavy atom. The highest BCUT2D eigenvalue weighted by Crippen LogP contribution is 2.28. The van der Waals surface area contributed by atoms with Crippen LogP contribution < -0.4 is 15.4 Å². The van der Waals surface area contributed by atoms with Crippen LogP contribution in [-0.2, 0) is 11.4 Å². The van der Waals surface area contributed by atoms with Crippen LogP contribution in [-0.4, -0.2) is 24.5 Å². The second-order valence-corrected chi connectivity index (χ2v) is 6.06. The first-order valence-electron chi connectivity index (χ1n) is 7.21. The van der Waals surface area contributed by atoms with Gasteiger partial charge in [0.15, 0.2) is 0 Å². The van der Waals surface area contributed by atoms with Gasteiger partial charge >= 0.3 is 0 Å². The van der Waals surface area contributed by atoms with E-state index in [1.54, 1.807) is 11.9 Å². The molecule has 0 saturated carbocycles. The van der Waals surface area contributed by atoms with Crippen LogP contribution in [0.25, 0.3) is 10.2 Å². The van der Waals surface area contributed by atoms with Gasteiger partial charge in [-0.05, 0) is 29.8 Å². The van der Waals surface area contributed by atoms with Gasteiger partial charge < -0.3 is 15.4 Å². The lowest BCUT2D eigenvalue weighted by molar-refractivity contribution is -0.117. The fraction of sp³-hybridized carbons (Fsp3) is 0.176. The molecule has 0 atom stereocenters. The Kier molecular flexibility index (Phi) is 4.55. The summed E-state index contributed by atoms with van der Waals surface area (Å²) in [5, 5.41) is 0.642. The van der Waals surface area contributed by atoms with Gasteiger partial charge in [0, 0.05) is 12.7 Å². The van der Waals surface area contributed by atoms with Crippen LogP contribution in [0.4, 0.5) is 5.69 Å². The highest BCUT2D eigenvalue weighted by molar-refractivity contribution is 7.20. The second-order valence-electron chi connectivity index (χ2n) is 5.06. The number of carbonyl (C=O) groups is 1. The van der Waals surface area contributed by atoms with Crippen LogP contribution in [0.2, 0.25) is 0 Å². The molecule has 0 aliphatic heterocycles. The van der Waals surface area contributed by atoms with Gasteiger partial charge in [-0.1, -0.05) is 35.6 Å². The maximum atomic E-state index is 11.7. The number of nitrogens with zero attached hydrogens (tertiary/aromatic N) is 2. The third-order valence-corrected chi connectivity index (χ3v) is 4.43. The zero-order valence-electron chi connectivity index (χ0n) is 12.7. The molecule has 0 aliphatic carbocycles. The zero-order valence-corrected chi connectivity index (χ0v) is 13.5. The summed E-state index contributed by atoms with van der Waals surface area (Å²) < 4.78 is 6.88. The maximum Gasteiger partial charge on any atom is 0.274 e. The van der Waals surface area contributed by atoms with E-state index in [0.717, 1.165) is 21.5 Å². The predicted molar refractivity (Wildman–Crippen MR) is 92.9 cm³/mol. The summed E-state index contributed by atoms with van der Waals surface area (Å²) in [6.07, 6.45) is 0. The highest BCUT2D eigenvalue weighted by atomic mass is 32.1. The number of carbonyl (C=O) groups excluding carboxylic acids is 1. The molecular formula is C17H17N3O2S. The summed E-state index contributed by atoms with van der Waals surface area (Å²) >= 11 is 1.52. The number of thiazole rings is 1. The van der Waals surface area contributed by atoms with Crippen LogP contribution in [0, 0.1) is 0 Å². The number of ether oxygens (including phenoxy) is 1. The fourth-order valence-corrected chi connectivity index (χ4v) is 3.01. The quantitative estimate of drug-likeness (QED) is 0.782. The van der Waals surface area contributed by atoms with Crippen molar-refractivity contribution in [2.24, 2.45) is 5.73 Å². The summed E-state index contributed by atoms with van der Waals surface area (Å²) in [7, 11) is 1.71. The van der Waals surface area contributed by atoms with Crippen molar-refractivity contribution in [3.05, 3.63) is 54.1 Å². The van der Waals surface area contributed by atoms with Crippen molar-refractivity contribution in [1.29, 1.82) is 0 Å². The van der Waals surface area contributed by atoms with Gasteiger partial charge in [0.25, 0.3) is 5.19 Å². The number of hydrogen-bond acceptors (Lipinski definition) is 5. The number of para-hydroxylation sites is 1. The first kappa shape index (κ1) is 15.5. The number of benzene rings is 2. The number of nitrogens with two attached hydrogens (primary N) is 1. The van der Waals surface area contributed by atoms with Gasteiger partial charge in [-0.3, -0.25) is 4.79 Å². The lowest BCUT2D eigenvalue weighted by atomic mass is 10.2. The number of hydrogen-bond donors (Lipinski definition) is 1. The molecule has 0 bridgehead atoms. The van der Waals surface area contributed by atoms with E-state index in [9.17, 15) is 4.79 Å². The number of rotatable bonds is 5. The Morgan fingerprint density at radius 2 is 2.09 bits per heavy atom. The van der Waals surface area contributed by atoms with Crippen molar-refractivity contribution in [1.82, 2.24) is 4.98 Å². The Bertz CT molecular complexity index is 798. The van der Waals surface area contributed by atoms with E-state index in [1.165, 1.54) is 11.3 Å². The summed E-state index contributed by atoms with van der Waals surface area (Å²) in [6, 6.07) is 15.6. The maximum absolute atomic E-state index is 11.7. The van der Waals surface area contributed by atoms with E-state index >= 15 is 0 Å².